The summed E-state index contributed by atoms with van der Waals surface area (Å²) in [7, 11) is 0.452. The lowest BCUT2D eigenvalue weighted by Crippen LogP contribution is -2.37. The lowest BCUT2D eigenvalue weighted by atomic mass is 9.88. The van der Waals surface area contributed by atoms with Crippen molar-refractivity contribution in [3.63, 3.8) is 0 Å². The molecule has 0 bridgehead atoms. The third-order valence-corrected chi connectivity index (χ3v) is 7.13. The molecule has 2 aliphatic heterocycles. The van der Waals surface area contributed by atoms with Gasteiger partial charge in [-0.1, -0.05) is 18.2 Å². The first-order valence-corrected chi connectivity index (χ1v) is 10.4. The zero-order chi connectivity index (χ0) is 21.6. The topological polar surface area (TPSA) is 115 Å². The van der Waals surface area contributed by atoms with E-state index < -0.39 is 15.9 Å². The van der Waals surface area contributed by atoms with Gasteiger partial charge in [-0.2, -0.15) is 5.26 Å². The fourth-order valence-electron chi connectivity index (χ4n) is 3.76. The number of rotatable bonds is 3. The Bertz CT molecular complexity index is 1260. The summed E-state index contributed by atoms with van der Waals surface area (Å²) in [6, 6.07) is 14.0. The standard InChI is InChI=1S/C21H19N3O5S/c1-24-15-7-5-4-6-13(15)19-20(30(24,25)26)18(14(11-22)21(23)29-19)12-8-9-16(27-2)17(10-12)28-3/h4-10,18H,23H2,1-3H3/t18-/m0/s1. The van der Waals surface area contributed by atoms with Crippen LogP contribution in [0.4, 0.5) is 5.69 Å². The number of fused-ring (bicyclic) bond motifs is 2. The maximum atomic E-state index is 13.5. The van der Waals surface area contributed by atoms with Crippen LogP contribution in [0.2, 0.25) is 0 Å². The van der Waals surface area contributed by atoms with Gasteiger partial charge in [0.25, 0.3) is 10.0 Å². The molecule has 0 amide bonds. The van der Waals surface area contributed by atoms with Crippen LogP contribution in [0.5, 0.6) is 11.5 Å². The van der Waals surface area contributed by atoms with Crippen molar-refractivity contribution >= 4 is 21.5 Å². The Labute approximate surface area is 174 Å². The minimum atomic E-state index is -4.00. The van der Waals surface area contributed by atoms with E-state index in [1.807, 2.05) is 6.07 Å². The van der Waals surface area contributed by atoms with Gasteiger partial charge in [-0.25, -0.2) is 8.42 Å². The van der Waals surface area contributed by atoms with E-state index >= 15 is 0 Å². The maximum Gasteiger partial charge on any atom is 0.264 e. The Morgan fingerprint density at radius 3 is 2.50 bits per heavy atom. The Morgan fingerprint density at radius 1 is 1.13 bits per heavy atom. The van der Waals surface area contributed by atoms with Crippen LogP contribution in [-0.4, -0.2) is 29.7 Å². The highest BCUT2D eigenvalue weighted by molar-refractivity contribution is 7.96. The van der Waals surface area contributed by atoms with Gasteiger partial charge in [-0.15, -0.1) is 0 Å². The van der Waals surface area contributed by atoms with Crippen LogP contribution in [0.25, 0.3) is 5.76 Å². The van der Waals surface area contributed by atoms with Crippen molar-refractivity contribution in [2.45, 2.75) is 5.92 Å². The minimum Gasteiger partial charge on any atom is -0.493 e. The van der Waals surface area contributed by atoms with Crippen LogP contribution < -0.4 is 19.5 Å². The van der Waals surface area contributed by atoms with Crippen LogP contribution in [0, 0.1) is 11.3 Å². The molecule has 154 valence electrons. The van der Waals surface area contributed by atoms with Crippen molar-refractivity contribution in [1.29, 1.82) is 5.26 Å². The van der Waals surface area contributed by atoms with E-state index in [0.29, 0.717) is 28.3 Å². The molecule has 1 atom stereocenters. The predicted molar refractivity (Wildman–Crippen MR) is 111 cm³/mol. The second-order valence-electron chi connectivity index (χ2n) is 6.72. The van der Waals surface area contributed by atoms with Gasteiger partial charge in [0.15, 0.2) is 17.3 Å². The molecule has 2 heterocycles. The number of nitrogens with zero attached hydrogens (tertiary/aromatic N) is 2. The van der Waals surface area contributed by atoms with E-state index in [-0.39, 0.29) is 22.1 Å². The Kier molecular flexibility index (Phi) is 4.59. The smallest absolute Gasteiger partial charge is 0.264 e. The summed E-state index contributed by atoms with van der Waals surface area (Å²) in [4.78, 5) is -0.0401. The normalized spacial score (nSPS) is 19.4. The van der Waals surface area contributed by atoms with Crippen LogP contribution in [0.15, 0.2) is 58.8 Å². The molecule has 8 nitrogen and oxygen atoms in total. The van der Waals surface area contributed by atoms with Gasteiger partial charge < -0.3 is 19.9 Å². The van der Waals surface area contributed by atoms with Crippen molar-refractivity contribution < 1.29 is 22.6 Å². The molecule has 0 aromatic heterocycles. The molecule has 2 aromatic carbocycles. The summed E-state index contributed by atoms with van der Waals surface area (Å²) in [5.74, 6) is -0.0849. The zero-order valence-electron chi connectivity index (χ0n) is 16.5. The first-order chi connectivity index (χ1) is 14.3. The monoisotopic (exact) mass is 425 g/mol. The molecule has 2 aromatic rings. The molecule has 0 spiro atoms. The quantitative estimate of drug-likeness (QED) is 0.804. The number of anilines is 1. The largest absolute Gasteiger partial charge is 0.493 e. The van der Waals surface area contributed by atoms with Gasteiger partial charge in [0, 0.05) is 12.6 Å². The molecule has 0 unspecified atom stereocenters. The number of para-hydroxylation sites is 1. The predicted octanol–water partition coefficient (Wildman–Crippen LogP) is 2.66. The summed E-state index contributed by atoms with van der Waals surface area (Å²) in [6.07, 6.45) is 0. The molecule has 0 radical (unpaired) electrons. The average molecular weight is 425 g/mol. The van der Waals surface area contributed by atoms with Gasteiger partial charge >= 0.3 is 0 Å². The summed E-state index contributed by atoms with van der Waals surface area (Å²) in [6.45, 7) is 0. The Hall–Kier alpha value is -3.64. The molecule has 4 rings (SSSR count). The van der Waals surface area contributed by atoms with Crippen LogP contribution >= 0.6 is 0 Å². The molecule has 0 fully saturated rings. The summed E-state index contributed by atoms with van der Waals surface area (Å²) >= 11 is 0. The number of allylic oxidation sites excluding steroid dienone is 2. The molecule has 2 aliphatic rings. The highest BCUT2D eigenvalue weighted by Crippen LogP contribution is 2.51. The fourth-order valence-corrected chi connectivity index (χ4v) is 5.41. The van der Waals surface area contributed by atoms with E-state index in [4.69, 9.17) is 19.9 Å². The van der Waals surface area contributed by atoms with Crippen molar-refractivity contribution in [2.24, 2.45) is 5.73 Å². The molecule has 0 saturated carbocycles. The molecule has 2 N–H and O–H groups in total. The number of nitriles is 1. The molecule has 0 aliphatic carbocycles. The first kappa shape index (κ1) is 19.7. The lowest BCUT2D eigenvalue weighted by Gasteiger charge is -2.36. The summed E-state index contributed by atoms with van der Waals surface area (Å²) in [5, 5.41) is 9.79. The average Bonchev–Trinajstić information content (AvgIpc) is 2.76. The molecular formula is C21H19N3O5S. The number of sulfonamides is 1. The van der Waals surface area contributed by atoms with Crippen LogP contribution in [0.1, 0.15) is 17.0 Å². The highest BCUT2D eigenvalue weighted by atomic mass is 32.2. The van der Waals surface area contributed by atoms with Crippen molar-refractivity contribution in [2.75, 3.05) is 25.6 Å². The van der Waals surface area contributed by atoms with Gasteiger partial charge in [-0.05, 0) is 29.8 Å². The van der Waals surface area contributed by atoms with Gasteiger partial charge in [0.05, 0.1) is 25.8 Å². The highest BCUT2D eigenvalue weighted by Gasteiger charge is 2.46. The summed E-state index contributed by atoms with van der Waals surface area (Å²) < 4.78 is 44.5. The zero-order valence-corrected chi connectivity index (χ0v) is 17.4. The number of nitrogens with two attached hydrogens (primary N) is 1. The van der Waals surface area contributed by atoms with E-state index in [1.54, 1.807) is 42.5 Å². The third-order valence-electron chi connectivity index (χ3n) is 5.24. The van der Waals surface area contributed by atoms with Crippen molar-refractivity contribution in [3.05, 3.63) is 70.0 Å². The van der Waals surface area contributed by atoms with Crippen LogP contribution in [-0.2, 0) is 14.8 Å². The van der Waals surface area contributed by atoms with Gasteiger partial charge in [0.1, 0.15) is 16.5 Å². The van der Waals surface area contributed by atoms with Gasteiger partial charge in [-0.3, -0.25) is 4.31 Å². The minimum absolute atomic E-state index is 0.0114. The SMILES string of the molecule is COc1ccc([C@H]2C(C#N)=C(N)OC3=C2S(=O)(=O)N(C)c2ccccc23)cc1OC. The van der Waals surface area contributed by atoms with E-state index in [9.17, 15) is 13.7 Å². The number of ether oxygens (including phenoxy) is 3. The number of hydrogen-bond donors (Lipinski definition) is 1. The van der Waals surface area contributed by atoms with Crippen LogP contribution in [0.3, 0.4) is 0 Å². The Balaban J connectivity index is 2.05. The lowest BCUT2D eigenvalue weighted by molar-refractivity contribution is 0.352. The van der Waals surface area contributed by atoms with E-state index in [2.05, 4.69) is 0 Å². The maximum absolute atomic E-state index is 13.5. The molecular weight excluding hydrogens is 406 g/mol. The number of benzene rings is 2. The fraction of sp³-hybridized carbons (Fsp3) is 0.190. The molecule has 0 saturated heterocycles. The molecule has 9 heteroatoms. The molecule has 30 heavy (non-hydrogen) atoms. The first-order valence-electron chi connectivity index (χ1n) is 8.97. The summed E-state index contributed by atoms with van der Waals surface area (Å²) in [5.41, 5.74) is 7.64. The van der Waals surface area contributed by atoms with E-state index in [0.717, 1.165) is 0 Å². The third kappa shape index (κ3) is 2.69. The van der Waals surface area contributed by atoms with Crippen molar-refractivity contribution in [3.8, 4) is 17.6 Å². The number of methoxy groups -OCH3 is 2. The Morgan fingerprint density at radius 2 is 1.83 bits per heavy atom. The second kappa shape index (κ2) is 7.00. The van der Waals surface area contributed by atoms with Gasteiger partial charge in [0.2, 0.25) is 5.88 Å². The number of hydrogen-bond acceptors (Lipinski definition) is 7. The second-order valence-corrected chi connectivity index (χ2v) is 8.66. The van der Waals surface area contributed by atoms with Crippen molar-refractivity contribution in [1.82, 2.24) is 0 Å². The van der Waals surface area contributed by atoms with E-state index in [1.165, 1.54) is 25.6 Å².